The van der Waals surface area contributed by atoms with Gasteiger partial charge in [-0.2, -0.15) is 13.2 Å². The summed E-state index contributed by atoms with van der Waals surface area (Å²) in [6.45, 7) is 5.10. The second kappa shape index (κ2) is 8.71. The van der Waals surface area contributed by atoms with E-state index in [-0.39, 0.29) is 30.4 Å². The quantitative estimate of drug-likeness (QED) is 0.797. The molecule has 28 heavy (non-hydrogen) atoms. The summed E-state index contributed by atoms with van der Waals surface area (Å²) in [4.78, 5) is 12.5. The van der Waals surface area contributed by atoms with Crippen LogP contribution in [-0.2, 0) is 18.2 Å². The van der Waals surface area contributed by atoms with E-state index >= 15 is 0 Å². The maximum Gasteiger partial charge on any atom is 0.433 e. The Kier molecular flexibility index (Phi) is 7.01. The van der Waals surface area contributed by atoms with Crippen LogP contribution >= 0.6 is 12.4 Å². The second-order valence-corrected chi connectivity index (χ2v) is 7.20. The van der Waals surface area contributed by atoms with Crippen LogP contribution in [0.25, 0.3) is 0 Å². The van der Waals surface area contributed by atoms with Crippen molar-refractivity contribution in [2.45, 2.75) is 50.8 Å². The van der Waals surface area contributed by atoms with Crippen LogP contribution in [0.4, 0.5) is 13.2 Å². The molecule has 2 aromatic heterocycles. The molecule has 2 aromatic rings. The lowest BCUT2D eigenvalue weighted by Crippen LogP contribution is -2.32. The highest BCUT2D eigenvalue weighted by Gasteiger charge is 2.35. The normalized spacial score (nSPS) is 17.6. The minimum atomic E-state index is -4.52. The first-order valence-electron chi connectivity index (χ1n) is 8.97. The molecule has 1 atom stereocenters. The van der Waals surface area contributed by atoms with E-state index in [4.69, 9.17) is 0 Å². The molecule has 0 radical (unpaired) electrons. The Morgan fingerprint density at radius 2 is 1.86 bits per heavy atom. The van der Waals surface area contributed by atoms with Gasteiger partial charge in [0.1, 0.15) is 11.5 Å². The predicted octanol–water partition coefficient (Wildman–Crippen LogP) is 3.54. The minimum absolute atomic E-state index is 0. The van der Waals surface area contributed by atoms with Crippen molar-refractivity contribution >= 4 is 12.4 Å². The fourth-order valence-electron chi connectivity index (χ4n) is 3.49. The fraction of sp³-hybridized carbons (Fsp3) is 0.526. The zero-order chi connectivity index (χ0) is 19.7. The number of nitrogens with one attached hydrogen (secondary N) is 1. The summed E-state index contributed by atoms with van der Waals surface area (Å²) in [6, 6.07) is 3.72. The average Bonchev–Trinajstić information content (AvgIpc) is 2.61. The van der Waals surface area contributed by atoms with Gasteiger partial charge in [-0.3, -0.25) is 0 Å². The lowest BCUT2D eigenvalue weighted by atomic mass is 9.84. The van der Waals surface area contributed by atoms with Crippen LogP contribution in [0.2, 0.25) is 0 Å². The molecule has 0 aliphatic carbocycles. The van der Waals surface area contributed by atoms with Gasteiger partial charge in [0, 0.05) is 29.8 Å². The van der Waals surface area contributed by atoms with Gasteiger partial charge in [0.15, 0.2) is 0 Å². The highest BCUT2D eigenvalue weighted by atomic mass is 35.5. The molecule has 0 saturated carbocycles. The third kappa shape index (κ3) is 5.18. The van der Waals surface area contributed by atoms with Crippen LogP contribution in [0.5, 0.6) is 0 Å². The summed E-state index contributed by atoms with van der Waals surface area (Å²) < 4.78 is 38.8. The number of alkyl halides is 3. The number of piperidine rings is 1. The van der Waals surface area contributed by atoms with E-state index in [0.717, 1.165) is 37.7 Å². The molecular weight excluding hydrogens is 393 g/mol. The Balaban J connectivity index is 0.00000280. The molecule has 0 amide bonds. The molecule has 2 N–H and O–H groups in total. The lowest BCUT2D eigenvalue weighted by molar-refractivity contribution is -0.141. The molecule has 1 aliphatic rings. The molecule has 3 rings (SSSR count). The number of hydrogen-bond acceptors (Lipinski definition) is 5. The SMILES string of the molecule is Cc1ncc(C(C)(O)Cc2cccc(C(F)(F)F)n2)c(C2CCNCC2)n1.Cl. The highest BCUT2D eigenvalue weighted by molar-refractivity contribution is 5.85. The summed E-state index contributed by atoms with van der Waals surface area (Å²) in [7, 11) is 0. The second-order valence-electron chi connectivity index (χ2n) is 7.20. The van der Waals surface area contributed by atoms with Crippen LogP contribution < -0.4 is 5.32 Å². The van der Waals surface area contributed by atoms with Crippen LogP contribution in [0.15, 0.2) is 24.4 Å². The highest BCUT2D eigenvalue weighted by Crippen LogP contribution is 2.34. The Bertz CT molecular complexity index is 808. The molecule has 154 valence electrons. The van der Waals surface area contributed by atoms with Crippen molar-refractivity contribution in [2.75, 3.05) is 13.1 Å². The molecule has 5 nitrogen and oxygen atoms in total. The van der Waals surface area contributed by atoms with Crippen molar-refractivity contribution in [3.05, 3.63) is 52.9 Å². The molecule has 1 unspecified atom stereocenters. The zero-order valence-electron chi connectivity index (χ0n) is 15.8. The van der Waals surface area contributed by atoms with E-state index in [1.54, 1.807) is 20.0 Å². The third-order valence-corrected chi connectivity index (χ3v) is 4.87. The van der Waals surface area contributed by atoms with Crippen LogP contribution in [-0.4, -0.2) is 33.1 Å². The van der Waals surface area contributed by atoms with Gasteiger partial charge in [0.05, 0.1) is 11.3 Å². The Hall–Kier alpha value is -1.77. The number of aromatic nitrogens is 3. The first-order chi connectivity index (χ1) is 12.7. The van der Waals surface area contributed by atoms with E-state index < -0.39 is 17.5 Å². The minimum Gasteiger partial charge on any atom is -0.385 e. The number of aryl methyl sites for hydroxylation is 1. The van der Waals surface area contributed by atoms with Gasteiger partial charge in [-0.05, 0) is 51.9 Å². The van der Waals surface area contributed by atoms with E-state index in [2.05, 4.69) is 20.3 Å². The van der Waals surface area contributed by atoms with Gasteiger partial charge in [-0.15, -0.1) is 12.4 Å². The first kappa shape index (κ1) is 22.5. The number of halogens is 4. The van der Waals surface area contributed by atoms with Gasteiger partial charge < -0.3 is 10.4 Å². The standard InChI is InChI=1S/C19H23F3N4O.ClH/c1-12-24-11-15(17(25-12)13-6-8-23-9-7-13)18(2,27)10-14-4-3-5-16(26-14)19(20,21)22;/h3-5,11,13,23,27H,6-10H2,1-2H3;1H. The summed E-state index contributed by atoms with van der Waals surface area (Å²) >= 11 is 0. The average molecular weight is 417 g/mol. The summed E-state index contributed by atoms with van der Waals surface area (Å²) in [6.07, 6.45) is -1.20. The number of nitrogens with zero attached hydrogens (tertiary/aromatic N) is 3. The molecule has 1 aliphatic heterocycles. The maximum absolute atomic E-state index is 12.9. The van der Waals surface area contributed by atoms with Crippen LogP contribution in [0.1, 0.15) is 54.2 Å². The lowest BCUT2D eigenvalue weighted by Gasteiger charge is -2.30. The van der Waals surface area contributed by atoms with Crippen molar-refractivity contribution in [3.8, 4) is 0 Å². The predicted molar refractivity (Wildman–Crippen MR) is 101 cm³/mol. The van der Waals surface area contributed by atoms with Crippen molar-refractivity contribution in [2.24, 2.45) is 0 Å². The Labute approximate surface area is 168 Å². The van der Waals surface area contributed by atoms with Crippen molar-refractivity contribution in [1.82, 2.24) is 20.3 Å². The van der Waals surface area contributed by atoms with E-state index in [0.29, 0.717) is 11.4 Å². The van der Waals surface area contributed by atoms with Crippen molar-refractivity contribution in [3.63, 3.8) is 0 Å². The van der Waals surface area contributed by atoms with Gasteiger partial charge in [-0.25, -0.2) is 15.0 Å². The molecule has 0 spiro atoms. The maximum atomic E-state index is 12.9. The van der Waals surface area contributed by atoms with Gasteiger partial charge in [0.2, 0.25) is 0 Å². The first-order valence-corrected chi connectivity index (χ1v) is 8.97. The molecule has 9 heteroatoms. The molecular formula is C19H24ClF3N4O. The smallest absolute Gasteiger partial charge is 0.385 e. The number of aliphatic hydroxyl groups is 1. The van der Waals surface area contributed by atoms with Gasteiger partial charge >= 0.3 is 6.18 Å². The summed E-state index contributed by atoms with van der Waals surface area (Å²) in [5.41, 5.74) is -0.883. The fourth-order valence-corrected chi connectivity index (χ4v) is 3.49. The topological polar surface area (TPSA) is 70.9 Å². The zero-order valence-corrected chi connectivity index (χ0v) is 16.6. The van der Waals surface area contributed by atoms with E-state index in [1.165, 1.54) is 12.1 Å². The van der Waals surface area contributed by atoms with E-state index in [9.17, 15) is 18.3 Å². The number of hydrogen-bond donors (Lipinski definition) is 2. The molecule has 0 aromatic carbocycles. The Morgan fingerprint density at radius 1 is 1.18 bits per heavy atom. The molecule has 3 heterocycles. The summed E-state index contributed by atoms with van der Waals surface area (Å²) in [5.74, 6) is 0.796. The van der Waals surface area contributed by atoms with Crippen molar-refractivity contribution in [1.29, 1.82) is 0 Å². The van der Waals surface area contributed by atoms with Gasteiger partial charge in [-0.1, -0.05) is 6.07 Å². The molecule has 1 saturated heterocycles. The van der Waals surface area contributed by atoms with E-state index in [1.807, 2.05) is 0 Å². The summed E-state index contributed by atoms with van der Waals surface area (Å²) in [5, 5.41) is 14.4. The third-order valence-electron chi connectivity index (χ3n) is 4.87. The Morgan fingerprint density at radius 3 is 2.50 bits per heavy atom. The van der Waals surface area contributed by atoms with Crippen LogP contribution in [0, 0.1) is 6.92 Å². The monoisotopic (exact) mass is 416 g/mol. The number of rotatable bonds is 4. The van der Waals surface area contributed by atoms with Crippen LogP contribution in [0.3, 0.4) is 0 Å². The van der Waals surface area contributed by atoms with Gasteiger partial charge in [0.25, 0.3) is 0 Å². The molecule has 1 fully saturated rings. The number of pyridine rings is 1. The molecule has 0 bridgehead atoms. The van der Waals surface area contributed by atoms with Crippen molar-refractivity contribution < 1.29 is 18.3 Å². The largest absolute Gasteiger partial charge is 0.433 e.